The Kier molecular flexibility index (Phi) is 5.47. The van der Waals surface area contributed by atoms with E-state index in [1.165, 1.54) is 7.11 Å². The van der Waals surface area contributed by atoms with Crippen LogP contribution in [-0.4, -0.2) is 21.4 Å². The highest BCUT2D eigenvalue weighted by Crippen LogP contribution is 2.51. The summed E-state index contributed by atoms with van der Waals surface area (Å²) in [5, 5.41) is 0. The van der Waals surface area contributed by atoms with Crippen molar-refractivity contribution in [1.29, 1.82) is 0 Å². The predicted molar refractivity (Wildman–Crippen MR) is 85.0 cm³/mol. The van der Waals surface area contributed by atoms with E-state index in [1.807, 2.05) is 0 Å². The van der Waals surface area contributed by atoms with E-state index >= 15 is 0 Å². The van der Waals surface area contributed by atoms with Crippen LogP contribution in [0.25, 0.3) is 0 Å². The van der Waals surface area contributed by atoms with Crippen LogP contribution in [0, 0.1) is 5.92 Å². The zero-order valence-electron chi connectivity index (χ0n) is 14.2. The number of esters is 1. The van der Waals surface area contributed by atoms with Crippen molar-refractivity contribution in [1.82, 2.24) is 0 Å². The first-order valence-electron chi connectivity index (χ1n) is 7.75. The van der Waals surface area contributed by atoms with Gasteiger partial charge in [0.25, 0.3) is 8.32 Å². The average molecular weight is 298 g/mol. The molecule has 1 rings (SSSR count). The van der Waals surface area contributed by atoms with Gasteiger partial charge >= 0.3 is 5.97 Å². The summed E-state index contributed by atoms with van der Waals surface area (Å²) in [5.41, 5.74) is 2.33. The molecule has 116 valence electrons. The van der Waals surface area contributed by atoms with Crippen molar-refractivity contribution in [2.75, 3.05) is 7.11 Å². The van der Waals surface area contributed by atoms with Crippen molar-refractivity contribution in [2.24, 2.45) is 5.92 Å². The highest BCUT2D eigenvalue weighted by Gasteiger charge is 2.53. The van der Waals surface area contributed by atoms with Gasteiger partial charge < -0.3 is 9.16 Å². The van der Waals surface area contributed by atoms with E-state index in [1.54, 1.807) is 0 Å². The van der Waals surface area contributed by atoms with Crippen LogP contribution >= 0.6 is 0 Å². The number of hydrogen-bond donors (Lipinski definition) is 0. The normalized spacial score (nSPS) is 19.1. The molecule has 4 heteroatoms. The molecular formula is C16H30O3Si. The van der Waals surface area contributed by atoms with Crippen LogP contribution in [0.2, 0.25) is 16.6 Å². The number of carbonyl (C=O) groups excluding carboxylic acids is 1. The molecule has 0 amide bonds. The van der Waals surface area contributed by atoms with Gasteiger partial charge in [0.15, 0.2) is 0 Å². The van der Waals surface area contributed by atoms with Crippen molar-refractivity contribution in [3.8, 4) is 0 Å². The minimum Gasteiger partial charge on any atom is -0.545 e. The lowest BCUT2D eigenvalue weighted by Crippen LogP contribution is -2.47. The molecule has 0 aromatic carbocycles. The lowest BCUT2D eigenvalue weighted by Gasteiger charge is -2.41. The van der Waals surface area contributed by atoms with Crippen LogP contribution in [0.1, 0.15) is 54.9 Å². The van der Waals surface area contributed by atoms with Crippen LogP contribution in [0.15, 0.2) is 11.3 Å². The second kappa shape index (κ2) is 6.33. The van der Waals surface area contributed by atoms with Crippen LogP contribution in [-0.2, 0) is 14.0 Å². The Balaban J connectivity index is 3.08. The van der Waals surface area contributed by atoms with Gasteiger partial charge in [-0.15, -0.1) is 0 Å². The number of ether oxygens (including phenoxy) is 1. The number of allylic oxidation sites excluding steroid dienone is 1. The third-order valence-corrected chi connectivity index (χ3v) is 10.6. The van der Waals surface area contributed by atoms with Gasteiger partial charge in [-0.1, -0.05) is 48.5 Å². The maximum atomic E-state index is 11.8. The smallest absolute Gasteiger partial charge is 0.337 e. The zero-order valence-corrected chi connectivity index (χ0v) is 15.2. The monoisotopic (exact) mass is 298 g/mol. The molecule has 1 aliphatic carbocycles. The van der Waals surface area contributed by atoms with E-state index in [9.17, 15) is 4.79 Å². The summed E-state index contributed by atoms with van der Waals surface area (Å²) in [5.74, 6) is 0.888. The van der Waals surface area contributed by atoms with Crippen molar-refractivity contribution >= 4 is 14.3 Å². The molecule has 0 aromatic rings. The maximum absolute atomic E-state index is 11.8. The fourth-order valence-corrected chi connectivity index (χ4v) is 9.00. The summed E-state index contributed by atoms with van der Waals surface area (Å²) in [6, 6.07) is 0. The molecule has 0 spiro atoms. The SMILES string of the molecule is CCC1C(O[Si](C(C)C)(C(C)C)C(C)C)=C1C(=O)OC. The summed E-state index contributed by atoms with van der Waals surface area (Å²) in [4.78, 5) is 11.8. The Morgan fingerprint density at radius 3 is 1.85 bits per heavy atom. The van der Waals surface area contributed by atoms with Gasteiger partial charge in [-0.2, -0.15) is 0 Å². The van der Waals surface area contributed by atoms with Gasteiger partial charge in [-0.3, -0.25) is 0 Å². The fourth-order valence-electron chi connectivity index (χ4n) is 3.66. The number of hydrogen-bond acceptors (Lipinski definition) is 3. The second-order valence-electron chi connectivity index (χ2n) is 6.65. The van der Waals surface area contributed by atoms with Crippen LogP contribution in [0.4, 0.5) is 0 Å². The lowest BCUT2D eigenvalue weighted by atomic mass is 10.2. The minimum absolute atomic E-state index is 0.186. The van der Waals surface area contributed by atoms with E-state index in [2.05, 4.69) is 48.5 Å². The van der Waals surface area contributed by atoms with Gasteiger partial charge in [-0.25, -0.2) is 4.79 Å². The molecule has 20 heavy (non-hydrogen) atoms. The average Bonchev–Trinajstić information content (AvgIpc) is 3.06. The Morgan fingerprint density at radius 2 is 1.55 bits per heavy atom. The van der Waals surface area contributed by atoms with E-state index in [0.29, 0.717) is 16.6 Å². The Morgan fingerprint density at radius 1 is 1.10 bits per heavy atom. The largest absolute Gasteiger partial charge is 0.545 e. The number of rotatable bonds is 7. The predicted octanol–water partition coefficient (Wildman–Crippen LogP) is 4.65. The molecule has 0 aliphatic heterocycles. The van der Waals surface area contributed by atoms with Crippen molar-refractivity contribution in [2.45, 2.75) is 71.5 Å². The Hall–Kier alpha value is -0.773. The Bertz CT molecular complexity index is 375. The third-order valence-electron chi connectivity index (χ3n) is 4.65. The standard InChI is InChI=1S/C16H30O3Si/c1-9-13-14(16(17)18-8)15(13)19-20(10(2)3,11(4)5)12(6)7/h10-13H,9H2,1-8H3. The van der Waals surface area contributed by atoms with Crippen molar-refractivity contribution in [3.63, 3.8) is 0 Å². The van der Waals surface area contributed by atoms with Crippen LogP contribution in [0.3, 0.4) is 0 Å². The molecule has 0 heterocycles. The Labute approximate surface area is 124 Å². The van der Waals surface area contributed by atoms with Crippen LogP contribution < -0.4 is 0 Å². The summed E-state index contributed by atoms with van der Waals surface area (Å²) in [7, 11) is -0.512. The maximum Gasteiger partial charge on any atom is 0.337 e. The van der Waals surface area contributed by atoms with Crippen LogP contribution in [0.5, 0.6) is 0 Å². The summed E-state index contributed by atoms with van der Waals surface area (Å²) in [6.07, 6.45) is 0.915. The molecule has 0 bridgehead atoms. The molecule has 0 saturated carbocycles. The molecule has 3 nitrogen and oxygen atoms in total. The van der Waals surface area contributed by atoms with Gasteiger partial charge in [-0.05, 0) is 23.0 Å². The first-order chi connectivity index (χ1) is 9.23. The second-order valence-corrected chi connectivity index (χ2v) is 12.0. The third kappa shape index (κ3) is 2.80. The zero-order chi connectivity index (χ0) is 15.7. The topological polar surface area (TPSA) is 35.5 Å². The summed E-state index contributed by atoms with van der Waals surface area (Å²) < 4.78 is 11.5. The first kappa shape index (κ1) is 17.3. The van der Waals surface area contributed by atoms with Gasteiger partial charge in [0.1, 0.15) is 0 Å². The van der Waals surface area contributed by atoms with E-state index < -0.39 is 8.32 Å². The highest BCUT2D eigenvalue weighted by molar-refractivity contribution is 6.78. The van der Waals surface area contributed by atoms with Crippen molar-refractivity contribution in [3.05, 3.63) is 11.3 Å². The number of methoxy groups -OCH3 is 1. The quantitative estimate of drug-likeness (QED) is 0.507. The molecular weight excluding hydrogens is 268 g/mol. The summed E-state index contributed by atoms with van der Waals surface area (Å²) in [6.45, 7) is 15.6. The molecule has 1 aliphatic rings. The molecule has 0 fully saturated rings. The minimum atomic E-state index is -1.95. The van der Waals surface area contributed by atoms with E-state index in [0.717, 1.165) is 17.8 Å². The van der Waals surface area contributed by atoms with Gasteiger partial charge in [0, 0.05) is 0 Å². The molecule has 1 unspecified atom stereocenters. The van der Waals surface area contributed by atoms with E-state index in [4.69, 9.17) is 9.16 Å². The van der Waals surface area contributed by atoms with Crippen molar-refractivity contribution < 1.29 is 14.0 Å². The molecule has 0 radical (unpaired) electrons. The van der Waals surface area contributed by atoms with Gasteiger partial charge in [0.2, 0.25) is 0 Å². The molecule has 0 aromatic heterocycles. The molecule has 0 saturated heterocycles. The fraction of sp³-hybridized carbons (Fsp3) is 0.812. The lowest BCUT2D eigenvalue weighted by molar-refractivity contribution is -0.135. The highest BCUT2D eigenvalue weighted by atomic mass is 28.4. The number of carbonyl (C=O) groups is 1. The summed E-state index contributed by atoms with van der Waals surface area (Å²) >= 11 is 0. The molecule has 1 atom stereocenters. The van der Waals surface area contributed by atoms with Gasteiger partial charge in [0.05, 0.1) is 24.4 Å². The molecule has 0 N–H and O–H groups in total. The van der Waals surface area contributed by atoms with E-state index in [-0.39, 0.29) is 11.9 Å². The first-order valence-corrected chi connectivity index (χ1v) is 9.89.